The zero-order valence-electron chi connectivity index (χ0n) is 12.0. The number of hydrogen-bond acceptors (Lipinski definition) is 3. The SMILES string of the molecule is CCC(=O)N1CCC2(CC1)COc1ccc(CN)cc12. The van der Waals surface area contributed by atoms with Crippen molar-refractivity contribution >= 4 is 5.91 Å². The molecule has 0 atom stereocenters. The summed E-state index contributed by atoms with van der Waals surface area (Å²) in [5.74, 6) is 1.26. The standard InChI is InChI=1S/C16H22N2O2/c1-2-15(19)18-7-5-16(6-8-18)11-20-14-4-3-12(10-17)9-13(14)16/h3-4,9H,2,5-8,10-11,17H2,1H3. The Morgan fingerprint density at radius 1 is 1.40 bits per heavy atom. The van der Waals surface area contributed by atoms with Crippen LogP contribution < -0.4 is 10.5 Å². The zero-order valence-corrected chi connectivity index (χ0v) is 12.0. The van der Waals surface area contributed by atoms with Crippen molar-refractivity contribution in [3.05, 3.63) is 29.3 Å². The van der Waals surface area contributed by atoms with Crippen LogP contribution in [0.4, 0.5) is 0 Å². The molecule has 2 aliphatic rings. The molecule has 2 aliphatic heterocycles. The molecular formula is C16H22N2O2. The van der Waals surface area contributed by atoms with Crippen molar-refractivity contribution in [2.75, 3.05) is 19.7 Å². The maximum Gasteiger partial charge on any atom is 0.222 e. The highest BCUT2D eigenvalue weighted by Gasteiger charge is 2.43. The summed E-state index contributed by atoms with van der Waals surface area (Å²) in [6.07, 6.45) is 2.57. The molecule has 2 heterocycles. The molecule has 1 aromatic carbocycles. The van der Waals surface area contributed by atoms with Crippen LogP contribution in [0.25, 0.3) is 0 Å². The summed E-state index contributed by atoms with van der Waals surface area (Å²) in [5, 5.41) is 0. The lowest BCUT2D eigenvalue weighted by atomic mass is 9.74. The molecule has 0 saturated carbocycles. The number of ether oxygens (including phenoxy) is 1. The number of rotatable bonds is 2. The van der Waals surface area contributed by atoms with E-state index in [9.17, 15) is 4.79 Å². The number of nitrogens with zero attached hydrogens (tertiary/aromatic N) is 1. The lowest BCUT2D eigenvalue weighted by molar-refractivity contribution is -0.132. The molecule has 0 aliphatic carbocycles. The minimum Gasteiger partial charge on any atom is -0.492 e. The molecule has 1 amide bonds. The minimum absolute atomic E-state index is 0.0883. The molecule has 3 rings (SSSR count). The fraction of sp³-hybridized carbons (Fsp3) is 0.562. The quantitative estimate of drug-likeness (QED) is 0.895. The largest absolute Gasteiger partial charge is 0.492 e. The van der Waals surface area contributed by atoms with Gasteiger partial charge in [0.15, 0.2) is 0 Å². The van der Waals surface area contributed by atoms with Crippen LogP contribution >= 0.6 is 0 Å². The van der Waals surface area contributed by atoms with Crippen molar-refractivity contribution in [1.82, 2.24) is 4.90 Å². The average Bonchev–Trinajstić information content (AvgIpc) is 2.85. The van der Waals surface area contributed by atoms with Crippen molar-refractivity contribution in [3.8, 4) is 5.75 Å². The highest BCUT2D eigenvalue weighted by atomic mass is 16.5. The van der Waals surface area contributed by atoms with Crippen LogP contribution in [0.2, 0.25) is 0 Å². The maximum atomic E-state index is 11.8. The smallest absolute Gasteiger partial charge is 0.222 e. The number of hydrogen-bond donors (Lipinski definition) is 1. The van der Waals surface area contributed by atoms with Gasteiger partial charge in [-0.3, -0.25) is 4.79 Å². The van der Waals surface area contributed by atoms with E-state index in [0.29, 0.717) is 13.0 Å². The van der Waals surface area contributed by atoms with Crippen molar-refractivity contribution in [2.24, 2.45) is 5.73 Å². The molecule has 4 heteroatoms. The first-order valence-corrected chi connectivity index (χ1v) is 7.42. The van der Waals surface area contributed by atoms with Crippen LogP contribution in [-0.2, 0) is 16.8 Å². The van der Waals surface area contributed by atoms with Crippen LogP contribution in [0.5, 0.6) is 5.75 Å². The topological polar surface area (TPSA) is 55.6 Å². The van der Waals surface area contributed by atoms with Gasteiger partial charge in [-0.25, -0.2) is 0 Å². The monoisotopic (exact) mass is 274 g/mol. The molecule has 4 nitrogen and oxygen atoms in total. The molecule has 0 unspecified atom stereocenters. The number of carbonyl (C=O) groups excluding carboxylic acids is 1. The first kappa shape index (κ1) is 13.4. The number of carbonyl (C=O) groups is 1. The number of nitrogens with two attached hydrogens (primary N) is 1. The predicted octanol–water partition coefficient (Wildman–Crippen LogP) is 1.81. The Balaban J connectivity index is 1.82. The van der Waals surface area contributed by atoms with Crippen molar-refractivity contribution in [1.29, 1.82) is 0 Å². The number of fused-ring (bicyclic) bond motifs is 2. The van der Waals surface area contributed by atoms with Gasteiger partial charge in [-0.05, 0) is 24.5 Å². The molecule has 2 N–H and O–H groups in total. The van der Waals surface area contributed by atoms with Gasteiger partial charge in [0.2, 0.25) is 5.91 Å². The molecule has 1 aromatic rings. The number of piperidine rings is 1. The molecule has 108 valence electrons. The van der Waals surface area contributed by atoms with Crippen molar-refractivity contribution in [3.63, 3.8) is 0 Å². The Kier molecular flexibility index (Phi) is 3.42. The van der Waals surface area contributed by atoms with E-state index in [1.165, 1.54) is 5.56 Å². The molecule has 0 radical (unpaired) electrons. The summed E-state index contributed by atoms with van der Waals surface area (Å²) in [6, 6.07) is 6.27. The van der Waals surface area contributed by atoms with E-state index in [4.69, 9.17) is 10.5 Å². The van der Waals surface area contributed by atoms with Crippen molar-refractivity contribution in [2.45, 2.75) is 38.1 Å². The Hall–Kier alpha value is -1.55. The second-order valence-corrected chi connectivity index (χ2v) is 5.84. The third-order valence-corrected chi connectivity index (χ3v) is 4.73. The van der Waals surface area contributed by atoms with E-state index in [2.05, 4.69) is 6.07 Å². The van der Waals surface area contributed by atoms with E-state index in [1.807, 2.05) is 24.0 Å². The summed E-state index contributed by atoms with van der Waals surface area (Å²) in [5.41, 5.74) is 8.29. The summed E-state index contributed by atoms with van der Waals surface area (Å²) in [4.78, 5) is 13.8. The van der Waals surface area contributed by atoms with Gasteiger partial charge in [0.1, 0.15) is 5.75 Å². The molecule has 20 heavy (non-hydrogen) atoms. The highest BCUT2D eigenvalue weighted by molar-refractivity contribution is 5.76. The normalized spacial score (nSPS) is 19.8. The molecule has 1 saturated heterocycles. The third kappa shape index (κ3) is 2.08. The summed E-state index contributed by atoms with van der Waals surface area (Å²) in [7, 11) is 0. The summed E-state index contributed by atoms with van der Waals surface area (Å²) >= 11 is 0. The number of benzene rings is 1. The van der Waals surface area contributed by atoms with Crippen LogP contribution in [0.3, 0.4) is 0 Å². The number of likely N-dealkylation sites (tertiary alicyclic amines) is 1. The molecule has 1 fully saturated rings. The summed E-state index contributed by atoms with van der Waals surface area (Å²) in [6.45, 7) is 4.90. The lowest BCUT2D eigenvalue weighted by Gasteiger charge is -2.38. The van der Waals surface area contributed by atoms with E-state index in [1.54, 1.807) is 0 Å². The Morgan fingerprint density at radius 2 is 2.15 bits per heavy atom. The summed E-state index contributed by atoms with van der Waals surface area (Å²) < 4.78 is 5.87. The van der Waals surface area contributed by atoms with Gasteiger partial charge in [0.25, 0.3) is 0 Å². The average molecular weight is 274 g/mol. The Morgan fingerprint density at radius 3 is 2.80 bits per heavy atom. The Bertz CT molecular complexity index is 519. The van der Waals surface area contributed by atoms with Crippen LogP contribution in [0.1, 0.15) is 37.3 Å². The van der Waals surface area contributed by atoms with E-state index >= 15 is 0 Å². The third-order valence-electron chi connectivity index (χ3n) is 4.73. The van der Waals surface area contributed by atoms with Gasteiger partial charge in [-0.15, -0.1) is 0 Å². The second kappa shape index (κ2) is 5.09. The van der Waals surface area contributed by atoms with E-state index < -0.39 is 0 Å². The lowest BCUT2D eigenvalue weighted by Crippen LogP contribution is -2.45. The fourth-order valence-electron chi connectivity index (χ4n) is 3.36. The molecular weight excluding hydrogens is 252 g/mol. The van der Waals surface area contributed by atoms with E-state index in [-0.39, 0.29) is 11.3 Å². The maximum absolute atomic E-state index is 11.8. The van der Waals surface area contributed by atoms with Gasteiger partial charge >= 0.3 is 0 Å². The molecule has 0 aromatic heterocycles. The van der Waals surface area contributed by atoms with Gasteiger partial charge in [0.05, 0.1) is 6.61 Å². The van der Waals surface area contributed by atoms with Gasteiger partial charge in [-0.1, -0.05) is 19.1 Å². The number of amides is 1. The highest BCUT2D eigenvalue weighted by Crippen LogP contribution is 2.45. The van der Waals surface area contributed by atoms with Crippen LogP contribution in [-0.4, -0.2) is 30.5 Å². The van der Waals surface area contributed by atoms with Crippen molar-refractivity contribution < 1.29 is 9.53 Å². The Labute approximate surface area is 119 Å². The zero-order chi connectivity index (χ0) is 14.2. The van der Waals surface area contributed by atoms with Gasteiger partial charge in [0, 0.05) is 37.0 Å². The minimum atomic E-state index is 0.0883. The van der Waals surface area contributed by atoms with E-state index in [0.717, 1.165) is 43.9 Å². The first-order chi connectivity index (χ1) is 9.68. The van der Waals surface area contributed by atoms with Crippen LogP contribution in [0.15, 0.2) is 18.2 Å². The van der Waals surface area contributed by atoms with Crippen LogP contribution in [0, 0.1) is 0 Å². The fourth-order valence-corrected chi connectivity index (χ4v) is 3.36. The molecule has 0 bridgehead atoms. The predicted molar refractivity (Wildman–Crippen MR) is 77.6 cm³/mol. The molecule has 1 spiro atoms. The van der Waals surface area contributed by atoms with Gasteiger partial charge in [-0.2, -0.15) is 0 Å². The second-order valence-electron chi connectivity index (χ2n) is 5.84. The first-order valence-electron chi connectivity index (χ1n) is 7.42. The van der Waals surface area contributed by atoms with Gasteiger partial charge < -0.3 is 15.4 Å².